The molecule has 1 aliphatic rings. The van der Waals surface area contributed by atoms with Crippen molar-refractivity contribution in [1.82, 2.24) is 0 Å². The molecule has 0 amide bonds. The van der Waals surface area contributed by atoms with Gasteiger partial charge in [-0.25, -0.2) is 13.2 Å². The maximum atomic E-state index is 13.9. The van der Waals surface area contributed by atoms with Crippen molar-refractivity contribution in [1.29, 1.82) is 0 Å². The van der Waals surface area contributed by atoms with E-state index in [1.807, 2.05) is 6.92 Å². The molecule has 2 aromatic rings. The third-order valence-electron chi connectivity index (χ3n) is 3.69. The van der Waals surface area contributed by atoms with Crippen LogP contribution in [0.3, 0.4) is 0 Å². The zero-order valence-electron chi connectivity index (χ0n) is 11.7. The number of hydrogen-bond acceptors (Lipinski definition) is 3. The molecule has 2 N–H and O–H groups in total. The quantitative estimate of drug-likeness (QED) is 0.819. The number of rotatable bonds is 2. The molecule has 0 bridgehead atoms. The fraction of sp³-hybridized carbons (Fsp3) is 0.188. The van der Waals surface area contributed by atoms with Gasteiger partial charge in [-0.15, -0.1) is 0 Å². The fourth-order valence-electron chi connectivity index (χ4n) is 2.67. The van der Waals surface area contributed by atoms with E-state index in [4.69, 9.17) is 0 Å². The number of halogens is 3. The molecule has 0 radical (unpaired) electrons. The van der Waals surface area contributed by atoms with Crippen LogP contribution >= 0.6 is 0 Å². The first-order chi connectivity index (χ1) is 10.5. The lowest BCUT2D eigenvalue weighted by Gasteiger charge is -2.07. The van der Waals surface area contributed by atoms with E-state index in [2.05, 4.69) is 10.5 Å². The van der Waals surface area contributed by atoms with Gasteiger partial charge in [-0.1, -0.05) is 6.92 Å². The predicted molar refractivity (Wildman–Crippen MR) is 77.6 cm³/mol. The van der Waals surface area contributed by atoms with Crippen LogP contribution in [0.25, 0.3) is 0 Å². The second kappa shape index (κ2) is 5.36. The number of benzene rings is 2. The number of aromatic hydroxyl groups is 1. The standard InChI is InChI=1S/C16H13F3N2O/c1-8-6-13(16-14(22)5-3-10(18)15(8)16)21-20-12-4-2-9(17)7-11(12)19/h2-5,7-8,20,22H,6H2,1H3/b21-13+/t8-/m0/s1. The number of nitrogens with zero attached hydrogens (tertiary/aromatic N) is 1. The number of hydrogen-bond donors (Lipinski definition) is 2. The third kappa shape index (κ3) is 2.41. The Morgan fingerprint density at radius 2 is 1.91 bits per heavy atom. The van der Waals surface area contributed by atoms with Crippen molar-refractivity contribution in [3.63, 3.8) is 0 Å². The summed E-state index contributed by atoms with van der Waals surface area (Å²) in [5.41, 5.74) is 3.68. The lowest BCUT2D eigenvalue weighted by atomic mass is 10.0. The second-order valence-corrected chi connectivity index (χ2v) is 5.25. The van der Waals surface area contributed by atoms with Crippen molar-refractivity contribution in [3.8, 4) is 5.75 Å². The normalized spacial score (nSPS) is 18.5. The first-order valence-electron chi connectivity index (χ1n) is 6.76. The largest absolute Gasteiger partial charge is 0.507 e. The summed E-state index contributed by atoms with van der Waals surface area (Å²) in [4.78, 5) is 0. The highest BCUT2D eigenvalue weighted by Gasteiger charge is 2.30. The maximum absolute atomic E-state index is 13.9. The van der Waals surface area contributed by atoms with Crippen LogP contribution < -0.4 is 5.43 Å². The van der Waals surface area contributed by atoms with Crippen LogP contribution in [-0.4, -0.2) is 10.8 Å². The summed E-state index contributed by atoms with van der Waals surface area (Å²) in [6.45, 7) is 1.82. The highest BCUT2D eigenvalue weighted by atomic mass is 19.1. The molecular weight excluding hydrogens is 293 g/mol. The maximum Gasteiger partial charge on any atom is 0.151 e. The van der Waals surface area contributed by atoms with Crippen LogP contribution in [0.1, 0.15) is 30.4 Å². The Kier molecular flexibility index (Phi) is 3.52. The first-order valence-corrected chi connectivity index (χ1v) is 6.76. The number of hydrazone groups is 1. The average Bonchev–Trinajstić information content (AvgIpc) is 2.80. The SMILES string of the molecule is C[C@H]1C/C(=N\Nc2ccc(F)cc2F)c2c(O)ccc(F)c21. The number of nitrogens with one attached hydrogen (secondary N) is 1. The Labute approximate surface area is 125 Å². The van der Waals surface area contributed by atoms with Gasteiger partial charge in [-0.3, -0.25) is 5.43 Å². The van der Waals surface area contributed by atoms with Gasteiger partial charge in [0.15, 0.2) is 5.82 Å². The Bertz CT molecular complexity index is 774. The van der Waals surface area contributed by atoms with E-state index in [1.54, 1.807) is 0 Å². The minimum Gasteiger partial charge on any atom is -0.507 e. The first kappa shape index (κ1) is 14.4. The van der Waals surface area contributed by atoms with Crippen molar-refractivity contribution in [2.75, 3.05) is 5.43 Å². The number of anilines is 1. The van der Waals surface area contributed by atoms with Crippen LogP contribution in [0.4, 0.5) is 18.9 Å². The van der Waals surface area contributed by atoms with Crippen LogP contribution in [-0.2, 0) is 0 Å². The molecular formula is C16H13F3N2O. The third-order valence-corrected chi connectivity index (χ3v) is 3.69. The summed E-state index contributed by atoms with van der Waals surface area (Å²) in [7, 11) is 0. The zero-order valence-corrected chi connectivity index (χ0v) is 11.7. The molecule has 1 aliphatic carbocycles. The average molecular weight is 306 g/mol. The molecule has 3 rings (SSSR count). The molecule has 0 spiro atoms. The summed E-state index contributed by atoms with van der Waals surface area (Å²) >= 11 is 0. The van der Waals surface area contributed by atoms with Crippen molar-refractivity contribution in [2.24, 2.45) is 5.10 Å². The second-order valence-electron chi connectivity index (χ2n) is 5.25. The molecule has 0 aromatic heterocycles. The molecule has 1 atom stereocenters. The van der Waals surface area contributed by atoms with Crippen LogP contribution in [0, 0.1) is 17.5 Å². The molecule has 2 aromatic carbocycles. The van der Waals surface area contributed by atoms with E-state index >= 15 is 0 Å². The summed E-state index contributed by atoms with van der Waals surface area (Å²) in [5.74, 6) is -2.07. The van der Waals surface area contributed by atoms with Gasteiger partial charge in [-0.05, 0) is 36.6 Å². The number of phenols is 1. The Hall–Kier alpha value is -2.50. The van der Waals surface area contributed by atoms with E-state index in [-0.39, 0.29) is 17.4 Å². The molecule has 0 fully saturated rings. The Balaban J connectivity index is 1.96. The van der Waals surface area contributed by atoms with Crippen molar-refractivity contribution in [3.05, 3.63) is 58.9 Å². The molecule has 22 heavy (non-hydrogen) atoms. The van der Waals surface area contributed by atoms with Gasteiger partial charge in [0, 0.05) is 17.2 Å². The minimum absolute atomic E-state index is 0.00546. The summed E-state index contributed by atoms with van der Waals surface area (Å²) in [6.07, 6.45) is 0.416. The number of fused-ring (bicyclic) bond motifs is 1. The fourth-order valence-corrected chi connectivity index (χ4v) is 2.67. The van der Waals surface area contributed by atoms with Gasteiger partial charge in [0.1, 0.15) is 17.4 Å². The molecule has 3 nitrogen and oxygen atoms in total. The molecule has 6 heteroatoms. The van der Waals surface area contributed by atoms with Gasteiger partial charge in [0.05, 0.1) is 11.4 Å². The molecule has 0 heterocycles. The van der Waals surface area contributed by atoms with Gasteiger partial charge in [0.2, 0.25) is 0 Å². The smallest absolute Gasteiger partial charge is 0.151 e. The van der Waals surface area contributed by atoms with Gasteiger partial charge < -0.3 is 5.11 Å². The highest BCUT2D eigenvalue weighted by Crippen LogP contribution is 2.39. The van der Waals surface area contributed by atoms with E-state index in [9.17, 15) is 18.3 Å². The Morgan fingerprint density at radius 3 is 2.64 bits per heavy atom. The molecule has 0 unspecified atom stereocenters. The van der Waals surface area contributed by atoms with Gasteiger partial charge in [0.25, 0.3) is 0 Å². The number of phenolic OH excluding ortho intramolecular Hbond substituents is 1. The summed E-state index contributed by atoms with van der Waals surface area (Å²) < 4.78 is 40.3. The minimum atomic E-state index is -0.779. The van der Waals surface area contributed by atoms with Gasteiger partial charge in [-0.2, -0.15) is 5.10 Å². The van der Waals surface area contributed by atoms with E-state index < -0.39 is 17.5 Å². The summed E-state index contributed by atoms with van der Waals surface area (Å²) in [6, 6.07) is 5.54. The van der Waals surface area contributed by atoms with Crippen molar-refractivity contribution in [2.45, 2.75) is 19.3 Å². The molecule has 0 aliphatic heterocycles. The lowest BCUT2D eigenvalue weighted by Crippen LogP contribution is -2.02. The van der Waals surface area contributed by atoms with E-state index in [1.165, 1.54) is 18.2 Å². The molecule has 0 saturated heterocycles. The Morgan fingerprint density at radius 1 is 1.14 bits per heavy atom. The molecule has 0 saturated carbocycles. The van der Waals surface area contributed by atoms with Crippen LogP contribution in [0.15, 0.2) is 35.4 Å². The summed E-state index contributed by atoms with van der Waals surface area (Å²) in [5, 5.41) is 14.0. The lowest BCUT2D eigenvalue weighted by molar-refractivity contribution is 0.470. The van der Waals surface area contributed by atoms with Crippen molar-refractivity contribution >= 4 is 11.4 Å². The van der Waals surface area contributed by atoms with Crippen molar-refractivity contribution < 1.29 is 18.3 Å². The van der Waals surface area contributed by atoms with E-state index in [0.717, 1.165) is 12.1 Å². The van der Waals surface area contributed by atoms with Gasteiger partial charge >= 0.3 is 0 Å². The van der Waals surface area contributed by atoms with E-state index in [0.29, 0.717) is 23.3 Å². The molecule has 114 valence electrons. The topological polar surface area (TPSA) is 44.6 Å². The van der Waals surface area contributed by atoms with Crippen LogP contribution in [0.2, 0.25) is 0 Å². The zero-order chi connectivity index (χ0) is 15.9. The monoisotopic (exact) mass is 306 g/mol. The predicted octanol–water partition coefficient (Wildman–Crippen LogP) is 4.13. The highest BCUT2D eigenvalue weighted by molar-refractivity contribution is 6.07. The van der Waals surface area contributed by atoms with Crippen LogP contribution in [0.5, 0.6) is 5.75 Å².